The van der Waals surface area contributed by atoms with Crippen LogP contribution < -0.4 is 0 Å². The smallest absolute Gasteiger partial charge is 0.257 e. The van der Waals surface area contributed by atoms with Gasteiger partial charge in [0.1, 0.15) is 0 Å². The molecule has 0 unspecified atom stereocenters. The highest BCUT2D eigenvalue weighted by molar-refractivity contribution is 5.95. The molecule has 1 aliphatic carbocycles. The Balaban J connectivity index is 1.86. The molecule has 0 spiro atoms. The van der Waals surface area contributed by atoms with Gasteiger partial charge in [-0.05, 0) is 38.3 Å². The fourth-order valence-electron chi connectivity index (χ4n) is 3.49. The van der Waals surface area contributed by atoms with E-state index in [2.05, 4.69) is 18.1 Å². The molecule has 122 valence electrons. The Bertz CT molecular complexity index is 698. The molecular weight excluding hydrogens is 286 g/mol. The van der Waals surface area contributed by atoms with Gasteiger partial charge in [-0.25, -0.2) is 4.68 Å². The lowest BCUT2D eigenvalue weighted by molar-refractivity contribution is 0.0695. The topological polar surface area (TPSA) is 38.1 Å². The van der Waals surface area contributed by atoms with Crippen LogP contribution >= 0.6 is 0 Å². The van der Waals surface area contributed by atoms with E-state index in [0.717, 1.165) is 29.8 Å². The first-order valence-electron chi connectivity index (χ1n) is 8.47. The van der Waals surface area contributed by atoms with Gasteiger partial charge >= 0.3 is 0 Å². The van der Waals surface area contributed by atoms with E-state index in [4.69, 9.17) is 0 Å². The number of benzene rings is 1. The molecule has 3 rings (SSSR count). The molecule has 0 bridgehead atoms. The van der Waals surface area contributed by atoms with Crippen LogP contribution in [0.3, 0.4) is 0 Å². The second-order valence-corrected chi connectivity index (χ2v) is 6.55. The van der Waals surface area contributed by atoms with Crippen molar-refractivity contribution in [1.82, 2.24) is 14.7 Å². The van der Waals surface area contributed by atoms with E-state index in [1.54, 1.807) is 6.20 Å². The van der Waals surface area contributed by atoms with Gasteiger partial charge < -0.3 is 4.90 Å². The van der Waals surface area contributed by atoms with Crippen molar-refractivity contribution >= 4 is 5.91 Å². The number of carbonyl (C=O) groups excluding carboxylic acids is 1. The maximum absolute atomic E-state index is 12.9. The Kier molecular flexibility index (Phi) is 4.51. The van der Waals surface area contributed by atoms with Gasteiger partial charge in [-0.3, -0.25) is 4.79 Å². The molecule has 4 nitrogen and oxygen atoms in total. The summed E-state index contributed by atoms with van der Waals surface area (Å²) in [6.07, 6.45) is 7.69. The molecule has 1 aromatic heterocycles. The lowest BCUT2D eigenvalue weighted by Crippen LogP contribution is -2.38. The first-order chi connectivity index (χ1) is 11.1. The lowest BCUT2D eigenvalue weighted by atomic mass is 9.94. The molecule has 0 aliphatic heterocycles. The number of hydrogen-bond acceptors (Lipinski definition) is 2. The summed E-state index contributed by atoms with van der Waals surface area (Å²) >= 11 is 0. The van der Waals surface area contributed by atoms with Crippen LogP contribution in [0.1, 0.15) is 53.7 Å². The molecule has 4 heteroatoms. The maximum atomic E-state index is 12.9. The van der Waals surface area contributed by atoms with Crippen LogP contribution in [0.15, 0.2) is 30.5 Å². The third-order valence-electron chi connectivity index (χ3n) is 5.03. The molecule has 0 radical (unpaired) electrons. The molecule has 0 N–H and O–H groups in total. The van der Waals surface area contributed by atoms with Crippen molar-refractivity contribution in [1.29, 1.82) is 0 Å². The first kappa shape index (κ1) is 15.8. The van der Waals surface area contributed by atoms with E-state index in [9.17, 15) is 4.79 Å². The molecule has 2 aromatic rings. The quantitative estimate of drug-likeness (QED) is 0.862. The minimum absolute atomic E-state index is 0.0919. The van der Waals surface area contributed by atoms with Crippen LogP contribution in [0.5, 0.6) is 0 Å². The Hall–Kier alpha value is -2.10. The second-order valence-electron chi connectivity index (χ2n) is 6.55. The van der Waals surface area contributed by atoms with Crippen molar-refractivity contribution in [3.8, 4) is 5.69 Å². The fourth-order valence-corrected chi connectivity index (χ4v) is 3.49. The number of nitrogens with zero attached hydrogens (tertiary/aromatic N) is 3. The molecule has 1 aliphatic rings. The van der Waals surface area contributed by atoms with Crippen LogP contribution in [-0.4, -0.2) is 33.7 Å². The SMILES string of the molecule is Cc1ccccc1-n1ncc(C(=O)N(C)C2CCCCC2)c1C. The van der Waals surface area contributed by atoms with Gasteiger partial charge in [0.05, 0.1) is 23.1 Å². The molecule has 1 fully saturated rings. The molecule has 0 atom stereocenters. The van der Waals surface area contributed by atoms with Crippen molar-refractivity contribution in [2.75, 3.05) is 7.05 Å². The van der Waals surface area contributed by atoms with E-state index in [1.165, 1.54) is 19.3 Å². The standard InChI is InChI=1S/C19H25N3O/c1-14-9-7-8-12-18(14)22-15(2)17(13-20-22)19(23)21(3)16-10-5-4-6-11-16/h7-9,12-13,16H,4-6,10-11H2,1-3H3. The highest BCUT2D eigenvalue weighted by atomic mass is 16.2. The molecule has 1 heterocycles. The molecule has 1 saturated carbocycles. The number of amides is 1. The number of hydrogen-bond donors (Lipinski definition) is 0. The number of para-hydroxylation sites is 1. The van der Waals surface area contributed by atoms with Crippen LogP contribution in [0.4, 0.5) is 0 Å². The summed E-state index contributed by atoms with van der Waals surface area (Å²) in [5.74, 6) is 0.0919. The average molecular weight is 311 g/mol. The van der Waals surface area contributed by atoms with Gasteiger partial charge in [0, 0.05) is 13.1 Å². The summed E-state index contributed by atoms with van der Waals surface area (Å²) in [5.41, 5.74) is 3.80. The largest absolute Gasteiger partial charge is 0.339 e. The summed E-state index contributed by atoms with van der Waals surface area (Å²) in [7, 11) is 1.93. The van der Waals surface area contributed by atoms with E-state index in [0.29, 0.717) is 11.6 Å². The summed E-state index contributed by atoms with van der Waals surface area (Å²) in [5, 5.41) is 4.46. The van der Waals surface area contributed by atoms with Gasteiger partial charge in [-0.15, -0.1) is 0 Å². The third kappa shape index (κ3) is 3.03. The van der Waals surface area contributed by atoms with Gasteiger partial charge in [0.15, 0.2) is 0 Å². The maximum Gasteiger partial charge on any atom is 0.257 e. The van der Waals surface area contributed by atoms with Gasteiger partial charge in [-0.2, -0.15) is 5.10 Å². The van der Waals surface area contributed by atoms with Crippen molar-refractivity contribution < 1.29 is 4.79 Å². The zero-order chi connectivity index (χ0) is 16.4. The van der Waals surface area contributed by atoms with Crippen molar-refractivity contribution in [3.05, 3.63) is 47.3 Å². The van der Waals surface area contributed by atoms with E-state index < -0.39 is 0 Å². The average Bonchev–Trinajstić information content (AvgIpc) is 2.96. The second kappa shape index (κ2) is 6.57. The third-order valence-corrected chi connectivity index (χ3v) is 5.03. The molecule has 0 saturated heterocycles. The Labute approximate surface area is 138 Å². The molecule has 1 amide bonds. The minimum Gasteiger partial charge on any atom is -0.339 e. The number of carbonyl (C=O) groups is 1. The number of aromatic nitrogens is 2. The van der Waals surface area contributed by atoms with Gasteiger partial charge in [0.25, 0.3) is 5.91 Å². The highest BCUT2D eigenvalue weighted by Gasteiger charge is 2.25. The highest BCUT2D eigenvalue weighted by Crippen LogP contribution is 2.24. The van der Waals surface area contributed by atoms with Crippen molar-refractivity contribution in [2.45, 2.75) is 52.0 Å². The van der Waals surface area contributed by atoms with Crippen LogP contribution in [0, 0.1) is 13.8 Å². The first-order valence-corrected chi connectivity index (χ1v) is 8.47. The number of aryl methyl sites for hydroxylation is 1. The Morgan fingerprint density at radius 2 is 1.87 bits per heavy atom. The van der Waals surface area contributed by atoms with Crippen LogP contribution in [0.2, 0.25) is 0 Å². The molecule has 1 aromatic carbocycles. The zero-order valence-corrected chi connectivity index (χ0v) is 14.2. The molecular formula is C19H25N3O. The monoisotopic (exact) mass is 311 g/mol. The summed E-state index contributed by atoms with van der Waals surface area (Å²) in [4.78, 5) is 14.8. The van der Waals surface area contributed by atoms with E-state index in [1.807, 2.05) is 41.8 Å². The lowest BCUT2D eigenvalue weighted by Gasteiger charge is -2.31. The van der Waals surface area contributed by atoms with Crippen LogP contribution in [-0.2, 0) is 0 Å². The summed E-state index contributed by atoms with van der Waals surface area (Å²) < 4.78 is 1.87. The predicted molar refractivity (Wildman–Crippen MR) is 92.0 cm³/mol. The van der Waals surface area contributed by atoms with E-state index in [-0.39, 0.29) is 5.91 Å². The fraction of sp³-hybridized carbons (Fsp3) is 0.474. The minimum atomic E-state index is 0.0919. The zero-order valence-electron chi connectivity index (χ0n) is 14.2. The van der Waals surface area contributed by atoms with Gasteiger partial charge in [0.2, 0.25) is 0 Å². The van der Waals surface area contributed by atoms with Crippen molar-refractivity contribution in [2.24, 2.45) is 0 Å². The van der Waals surface area contributed by atoms with E-state index >= 15 is 0 Å². The molecule has 23 heavy (non-hydrogen) atoms. The Morgan fingerprint density at radius 3 is 2.57 bits per heavy atom. The predicted octanol–water partition coefficient (Wildman–Crippen LogP) is 3.89. The summed E-state index contributed by atoms with van der Waals surface area (Å²) in [6, 6.07) is 8.48. The summed E-state index contributed by atoms with van der Waals surface area (Å²) in [6.45, 7) is 4.04. The van der Waals surface area contributed by atoms with Gasteiger partial charge in [-0.1, -0.05) is 37.5 Å². The van der Waals surface area contributed by atoms with Crippen LogP contribution in [0.25, 0.3) is 5.69 Å². The Morgan fingerprint density at radius 1 is 1.17 bits per heavy atom. The number of rotatable bonds is 3. The normalized spacial score (nSPS) is 15.6. The van der Waals surface area contributed by atoms with Crippen molar-refractivity contribution in [3.63, 3.8) is 0 Å².